The molecule has 0 saturated heterocycles. The van der Waals surface area contributed by atoms with Gasteiger partial charge < -0.3 is 16.0 Å². The highest BCUT2D eigenvalue weighted by atomic mass is 15.1. The first-order valence-corrected chi connectivity index (χ1v) is 12.0. The summed E-state index contributed by atoms with van der Waals surface area (Å²) in [5, 5.41) is 2.03. The Morgan fingerprint density at radius 1 is 0.882 bits per heavy atom. The van der Waals surface area contributed by atoms with E-state index in [-0.39, 0.29) is 0 Å². The van der Waals surface area contributed by atoms with Crippen molar-refractivity contribution < 1.29 is 0 Å². The van der Waals surface area contributed by atoms with Gasteiger partial charge in [0, 0.05) is 28.8 Å². The van der Waals surface area contributed by atoms with Crippen molar-refractivity contribution in [2.24, 2.45) is 11.7 Å². The van der Waals surface area contributed by atoms with Crippen molar-refractivity contribution in [2.75, 3.05) is 12.3 Å². The summed E-state index contributed by atoms with van der Waals surface area (Å²) in [4.78, 5) is 13.9. The van der Waals surface area contributed by atoms with Crippen molar-refractivity contribution in [1.29, 1.82) is 0 Å². The Balaban J connectivity index is 1.46. The van der Waals surface area contributed by atoms with Gasteiger partial charge in [-0.15, -0.1) is 0 Å². The summed E-state index contributed by atoms with van der Waals surface area (Å²) in [7, 11) is 0. The minimum absolute atomic E-state index is 0.400. The lowest BCUT2D eigenvalue weighted by Gasteiger charge is -2.29. The van der Waals surface area contributed by atoms with Crippen LogP contribution in [-0.2, 0) is 0 Å². The summed E-state index contributed by atoms with van der Waals surface area (Å²) in [6.07, 6.45) is 8.30. The number of pyridine rings is 1. The zero-order valence-electron chi connectivity index (χ0n) is 19.1. The van der Waals surface area contributed by atoms with Gasteiger partial charge in [0.05, 0.1) is 16.6 Å². The maximum absolute atomic E-state index is 6.40. The van der Waals surface area contributed by atoms with E-state index in [0.29, 0.717) is 17.8 Å². The highest BCUT2D eigenvalue weighted by molar-refractivity contribution is 6.02. The van der Waals surface area contributed by atoms with Gasteiger partial charge in [0.15, 0.2) is 0 Å². The number of anilines is 1. The van der Waals surface area contributed by atoms with Crippen LogP contribution in [0.25, 0.3) is 44.3 Å². The van der Waals surface area contributed by atoms with Gasteiger partial charge in [0.1, 0.15) is 17.8 Å². The van der Waals surface area contributed by atoms with Crippen LogP contribution in [0.1, 0.15) is 31.7 Å². The Labute approximate surface area is 198 Å². The second kappa shape index (κ2) is 8.54. The van der Waals surface area contributed by atoms with Crippen LogP contribution in [-0.4, -0.2) is 26.1 Å². The van der Waals surface area contributed by atoms with E-state index in [1.165, 1.54) is 0 Å². The SMILES string of the molecule is NCC1CCC(n2cc(-c3ccc4ccc(-c5ccccc5)nc4c3)c3c(N)ncnc32)CC1. The summed E-state index contributed by atoms with van der Waals surface area (Å²) in [6.45, 7) is 0.772. The number of hydrogen-bond donors (Lipinski definition) is 2. The van der Waals surface area contributed by atoms with E-state index in [1.54, 1.807) is 6.33 Å². The van der Waals surface area contributed by atoms with Crippen LogP contribution in [0.4, 0.5) is 5.82 Å². The number of nitrogens with two attached hydrogens (primary N) is 2. The molecule has 0 aliphatic heterocycles. The molecule has 1 aliphatic carbocycles. The van der Waals surface area contributed by atoms with Gasteiger partial charge in [0.2, 0.25) is 0 Å². The first-order chi connectivity index (χ1) is 16.7. The van der Waals surface area contributed by atoms with E-state index in [1.807, 2.05) is 18.2 Å². The number of nitrogens with zero attached hydrogens (tertiary/aromatic N) is 4. The van der Waals surface area contributed by atoms with Gasteiger partial charge in [-0.3, -0.25) is 0 Å². The highest BCUT2D eigenvalue weighted by Gasteiger charge is 2.25. The lowest BCUT2D eigenvalue weighted by atomic mass is 9.86. The first kappa shape index (κ1) is 20.8. The maximum atomic E-state index is 6.40. The molecule has 2 aromatic carbocycles. The summed E-state index contributed by atoms with van der Waals surface area (Å²) < 4.78 is 2.31. The van der Waals surface area contributed by atoms with Crippen LogP contribution in [0.3, 0.4) is 0 Å². The molecule has 6 rings (SSSR count). The smallest absolute Gasteiger partial charge is 0.146 e. The Hall–Kier alpha value is -3.77. The summed E-state index contributed by atoms with van der Waals surface area (Å²) in [5.74, 6) is 1.14. The van der Waals surface area contributed by atoms with Crippen molar-refractivity contribution in [3.8, 4) is 22.4 Å². The van der Waals surface area contributed by atoms with Gasteiger partial charge in [-0.2, -0.15) is 0 Å². The molecule has 5 aromatic rings. The minimum atomic E-state index is 0.400. The number of benzene rings is 2. The molecule has 1 aliphatic rings. The van der Waals surface area contributed by atoms with Crippen LogP contribution in [0.2, 0.25) is 0 Å². The van der Waals surface area contributed by atoms with Crippen molar-refractivity contribution >= 4 is 27.8 Å². The van der Waals surface area contributed by atoms with E-state index in [9.17, 15) is 0 Å². The molecule has 0 unspecified atom stereocenters. The Morgan fingerprint density at radius 3 is 2.47 bits per heavy atom. The number of hydrogen-bond acceptors (Lipinski definition) is 5. The first-order valence-electron chi connectivity index (χ1n) is 12.0. The summed E-state index contributed by atoms with van der Waals surface area (Å²) >= 11 is 0. The number of fused-ring (bicyclic) bond motifs is 2. The predicted octanol–water partition coefficient (Wildman–Crippen LogP) is 5.59. The quantitative estimate of drug-likeness (QED) is 0.374. The van der Waals surface area contributed by atoms with Crippen LogP contribution in [0.5, 0.6) is 0 Å². The number of rotatable bonds is 4. The average molecular weight is 449 g/mol. The molecule has 0 atom stereocenters. The van der Waals surface area contributed by atoms with Gasteiger partial charge in [-0.1, -0.05) is 48.5 Å². The van der Waals surface area contributed by atoms with Gasteiger partial charge in [0.25, 0.3) is 0 Å². The Morgan fingerprint density at radius 2 is 1.68 bits per heavy atom. The van der Waals surface area contributed by atoms with Crippen LogP contribution in [0.15, 0.2) is 73.2 Å². The van der Waals surface area contributed by atoms with Crippen molar-refractivity contribution in [1.82, 2.24) is 19.5 Å². The molecule has 3 heterocycles. The molecule has 0 amide bonds. The van der Waals surface area contributed by atoms with E-state index in [4.69, 9.17) is 16.5 Å². The van der Waals surface area contributed by atoms with Crippen molar-refractivity contribution in [3.63, 3.8) is 0 Å². The average Bonchev–Trinajstić information content (AvgIpc) is 3.30. The van der Waals surface area contributed by atoms with Gasteiger partial charge in [-0.25, -0.2) is 15.0 Å². The van der Waals surface area contributed by atoms with E-state index < -0.39 is 0 Å². The molecule has 1 saturated carbocycles. The topological polar surface area (TPSA) is 95.6 Å². The zero-order chi connectivity index (χ0) is 23.1. The monoisotopic (exact) mass is 448 g/mol. The molecule has 6 nitrogen and oxygen atoms in total. The Bertz CT molecular complexity index is 1470. The molecule has 6 heteroatoms. The van der Waals surface area contributed by atoms with Gasteiger partial charge >= 0.3 is 0 Å². The molecule has 170 valence electrons. The normalized spacial score (nSPS) is 18.5. The number of aromatic nitrogens is 4. The number of nitrogen functional groups attached to an aromatic ring is 1. The molecular weight excluding hydrogens is 420 g/mol. The fourth-order valence-electron chi connectivity index (χ4n) is 5.32. The lowest BCUT2D eigenvalue weighted by Crippen LogP contribution is -2.23. The van der Waals surface area contributed by atoms with E-state index >= 15 is 0 Å². The zero-order valence-corrected chi connectivity index (χ0v) is 19.1. The molecule has 34 heavy (non-hydrogen) atoms. The third-order valence-electron chi connectivity index (χ3n) is 7.25. The van der Waals surface area contributed by atoms with Crippen LogP contribution < -0.4 is 11.5 Å². The second-order valence-corrected chi connectivity index (χ2v) is 9.29. The van der Waals surface area contributed by atoms with Gasteiger partial charge in [-0.05, 0) is 55.8 Å². The molecule has 0 bridgehead atoms. The van der Waals surface area contributed by atoms with Crippen molar-refractivity contribution in [2.45, 2.75) is 31.7 Å². The summed E-state index contributed by atoms with van der Waals surface area (Å²) in [5.41, 5.74) is 18.4. The molecule has 4 N–H and O–H groups in total. The third-order valence-corrected chi connectivity index (χ3v) is 7.25. The lowest BCUT2D eigenvalue weighted by molar-refractivity contribution is 0.283. The summed E-state index contributed by atoms with van der Waals surface area (Å²) in [6, 6.07) is 21.3. The fraction of sp³-hybridized carbons (Fsp3) is 0.250. The predicted molar refractivity (Wildman–Crippen MR) is 138 cm³/mol. The second-order valence-electron chi connectivity index (χ2n) is 9.29. The van der Waals surface area contributed by atoms with Crippen molar-refractivity contribution in [3.05, 3.63) is 73.2 Å². The molecular formula is C28H28N6. The molecule has 1 fully saturated rings. The molecule has 0 spiro atoms. The molecule has 3 aromatic heterocycles. The fourth-order valence-corrected chi connectivity index (χ4v) is 5.32. The van der Waals surface area contributed by atoms with E-state index in [2.05, 4.69) is 63.2 Å². The minimum Gasteiger partial charge on any atom is -0.383 e. The van der Waals surface area contributed by atoms with Crippen LogP contribution >= 0.6 is 0 Å². The standard InChI is InChI=1S/C28H28N6/c29-15-18-6-11-22(12-7-18)34-16-23(26-27(30)31-17-32-28(26)34)21-9-8-20-10-13-24(33-25(20)14-21)19-4-2-1-3-5-19/h1-5,8-10,13-14,16-18,22H,6-7,11-12,15,29H2,(H2,30,31,32). The maximum Gasteiger partial charge on any atom is 0.146 e. The highest BCUT2D eigenvalue weighted by Crippen LogP contribution is 2.39. The Kier molecular flexibility index (Phi) is 5.23. The van der Waals surface area contributed by atoms with E-state index in [0.717, 1.165) is 76.5 Å². The van der Waals surface area contributed by atoms with Crippen LogP contribution in [0, 0.1) is 5.92 Å². The third kappa shape index (κ3) is 3.60. The largest absolute Gasteiger partial charge is 0.383 e. The molecule has 0 radical (unpaired) electrons.